The molecule has 1 saturated carbocycles. The van der Waals surface area contributed by atoms with Crippen molar-refractivity contribution in [3.8, 4) is 0 Å². The lowest BCUT2D eigenvalue weighted by molar-refractivity contribution is 0.151. The number of anilines is 1. The maximum Gasteiger partial charge on any atom is 0.185 e. The largest absolute Gasteiger partial charge is 0.346 e. The van der Waals surface area contributed by atoms with Gasteiger partial charge in [-0.2, -0.15) is 0 Å². The average Bonchev–Trinajstić information content (AvgIpc) is 3.11. The van der Waals surface area contributed by atoms with E-state index in [-0.39, 0.29) is 0 Å². The molecule has 2 heterocycles. The lowest BCUT2D eigenvalue weighted by Crippen LogP contribution is -2.50. The number of nitrogens with two attached hydrogens (primary N) is 1. The van der Waals surface area contributed by atoms with Gasteiger partial charge in [-0.15, -0.1) is 11.3 Å². The summed E-state index contributed by atoms with van der Waals surface area (Å²) in [5.41, 5.74) is 6.47. The number of hydrogen-bond acceptors (Lipinski definition) is 5. The molecule has 2 fully saturated rings. The predicted octanol–water partition coefficient (Wildman–Crippen LogP) is 1.78. The first-order valence-electron chi connectivity index (χ1n) is 7.38. The molecule has 0 radical (unpaired) electrons. The normalized spacial score (nSPS) is 23.9. The van der Waals surface area contributed by atoms with Gasteiger partial charge in [0.05, 0.1) is 0 Å². The van der Waals surface area contributed by atoms with Crippen LogP contribution in [0.5, 0.6) is 0 Å². The van der Waals surface area contributed by atoms with Gasteiger partial charge in [0.1, 0.15) is 0 Å². The Bertz CT molecular complexity index is 378. The van der Waals surface area contributed by atoms with Crippen molar-refractivity contribution in [3.05, 3.63) is 11.6 Å². The molecule has 19 heavy (non-hydrogen) atoms. The number of aromatic nitrogens is 1. The van der Waals surface area contributed by atoms with E-state index in [0.29, 0.717) is 5.41 Å². The van der Waals surface area contributed by atoms with Crippen molar-refractivity contribution >= 4 is 16.5 Å². The summed E-state index contributed by atoms with van der Waals surface area (Å²) in [5, 5.41) is 3.23. The van der Waals surface area contributed by atoms with Crippen LogP contribution < -0.4 is 10.6 Å². The predicted molar refractivity (Wildman–Crippen MR) is 80.7 cm³/mol. The zero-order chi connectivity index (χ0) is 13.1. The van der Waals surface area contributed by atoms with Gasteiger partial charge in [0.2, 0.25) is 0 Å². The van der Waals surface area contributed by atoms with Crippen LogP contribution in [0.3, 0.4) is 0 Å². The summed E-state index contributed by atoms with van der Waals surface area (Å²) in [7, 11) is 0. The van der Waals surface area contributed by atoms with Crippen LogP contribution in [0.2, 0.25) is 0 Å². The van der Waals surface area contributed by atoms with Gasteiger partial charge in [-0.25, -0.2) is 4.98 Å². The Hall–Kier alpha value is -0.650. The molecule has 0 spiro atoms. The van der Waals surface area contributed by atoms with Crippen LogP contribution in [0, 0.1) is 5.41 Å². The van der Waals surface area contributed by atoms with E-state index in [0.717, 1.165) is 32.7 Å². The molecular weight excluding hydrogens is 256 g/mol. The minimum Gasteiger partial charge on any atom is -0.346 e. The molecule has 0 bridgehead atoms. The summed E-state index contributed by atoms with van der Waals surface area (Å²) in [4.78, 5) is 9.43. The van der Waals surface area contributed by atoms with Gasteiger partial charge in [0.15, 0.2) is 5.13 Å². The molecule has 0 atom stereocenters. The third kappa shape index (κ3) is 2.93. The van der Waals surface area contributed by atoms with E-state index in [1.54, 1.807) is 11.3 Å². The van der Waals surface area contributed by atoms with Crippen LogP contribution in [0.25, 0.3) is 0 Å². The monoisotopic (exact) mass is 280 g/mol. The second-order valence-corrected chi connectivity index (χ2v) is 6.86. The number of rotatable bonds is 4. The van der Waals surface area contributed by atoms with Crippen molar-refractivity contribution in [1.29, 1.82) is 0 Å². The van der Waals surface area contributed by atoms with Crippen molar-refractivity contribution in [3.63, 3.8) is 0 Å². The summed E-state index contributed by atoms with van der Waals surface area (Å²) in [6, 6.07) is 0. The van der Waals surface area contributed by atoms with Crippen molar-refractivity contribution in [1.82, 2.24) is 9.88 Å². The van der Waals surface area contributed by atoms with Gasteiger partial charge in [0.25, 0.3) is 0 Å². The van der Waals surface area contributed by atoms with E-state index in [2.05, 4.69) is 20.2 Å². The van der Waals surface area contributed by atoms with Gasteiger partial charge < -0.3 is 10.6 Å². The molecule has 0 amide bonds. The Balaban J connectivity index is 1.53. The van der Waals surface area contributed by atoms with Crippen LogP contribution >= 0.6 is 11.3 Å². The number of nitrogens with zero attached hydrogens (tertiary/aromatic N) is 3. The Morgan fingerprint density at radius 1 is 1.21 bits per heavy atom. The average molecular weight is 280 g/mol. The molecule has 4 nitrogen and oxygen atoms in total. The van der Waals surface area contributed by atoms with Gasteiger partial charge in [0, 0.05) is 44.3 Å². The fourth-order valence-electron chi connectivity index (χ4n) is 3.50. The highest BCUT2D eigenvalue weighted by atomic mass is 32.1. The maximum atomic E-state index is 6.05. The van der Waals surface area contributed by atoms with E-state index >= 15 is 0 Å². The maximum absolute atomic E-state index is 6.05. The molecule has 1 saturated heterocycles. The Kier molecular flexibility index (Phi) is 4.05. The number of piperazine rings is 1. The van der Waals surface area contributed by atoms with E-state index in [9.17, 15) is 0 Å². The van der Waals surface area contributed by atoms with Gasteiger partial charge in [-0.3, -0.25) is 4.90 Å². The standard InChI is InChI=1S/C14H24N4S/c15-11-14(3-1-2-4-14)12-17-6-8-18(9-7-17)13-16-5-10-19-13/h5,10H,1-4,6-9,11-12,15H2. The van der Waals surface area contributed by atoms with Crippen molar-refractivity contribution in [2.24, 2.45) is 11.1 Å². The summed E-state index contributed by atoms with van der Waals surface area (Å²) in [5.74, 6) is 0. The topological polar surface area (TPSA) is 45.4 Å². The van der Waals surface area contributed by atoms with Crippen molar-refractivity contribution < 1.29 is 0 Å². The summed E-state index contributed by atoms with van der Waals surface area (Å²) in [6.45, 7) is 6.58. The molecule has 5 heteroatoms. The number of hydrogen-bond donors (Lipinski definition) is 1. The lowest BCUT2D eigenvalue weighted by Gasteiger charge is -2.39. The van der Waals surface area contributed by atoms with E-state index in [1.165, 1.54) is 37.4 Å². The Morgan fingerprint density at radius 2 is 1.95 bits per heavy atom. The third-order valence-electron chi connectivity index (χ3n) is 4.72. The molecule has 0 aromatic carbocycles. The molecule has 0 unspecified atom stereocenters. The van der Waals surface area contributed by atoms with Crippen LogP contribution in [-0.4, -0.2) is 49.2 Å². The fraction of sp³-hybridized carbons (Fsp3) is 0.786. The van der Waals surface area contributed by atoms with Crippen molar-refractivity contribution in [2.75, 3.05) is 44.2 Å². The van der Waals surface area contributed by atoms with E-state index in [1.807, 2.05) is 6.20 Å². The Labute approximate surface area is 119 Å². The second-order valence-electron chi connectivity index (χ2n) is 5.99. The van der Waals surface area contributed by atoms with E-state index in [4.69, 9.17) is 5.73 Å². The zero-order valence-electron chi connectivity index (χ0n) is 11.6. The smallest absolute Gasteiger partial charge is 0.185 e. The molecule has 106 valence electrons. The molecule has 1 aliphatic carbocycles. The molecule has 2 N–H and O–H groups in total. The first kappa shape index (κ1) is 13.3. The first-order valence-corrected chi connectivity index (χ1v) is 8.26. The van der Waals surface area contributed by atoms with Gasteiger partial charge in [-0.1, -0.05) is 12.8 Å². The van der Waals surface area contributed by atoms with Gasteiger partial charge >= 0.3 is 0 Å². The fourth-order valence-corrected chi connectivity index (χ4v) is 4.19. The van der Waals surface area contributed by atoms with Gasteiger partial charge in [-0.05, 0) is 24.8 Å². The summed E-state index contributed by atoms with van der Waals surface area (Å²) in [6.07, 6.45) is 7.30. The highest BCUT2D eigenvalue weighted by Crippen LogP contribution is 2.38. The zero-order valence-corrected chi connectivity index (χ0v) is 12.4. The molecule has 1 aromatic heterocycles. The summed E-state index contributed by atoms with van der Waals surface area (Å²) >= 11 is 1.74. The van der Waals surface area contributed by atoms with Crippen LogP contribution in [0.4, 0.5) is 5.13 Å². The molecule has 1 aliphatic heterocycles. The SMILES string of the molecule is NCC1(CN2CCN(c3nccs3)CC2)CCCC1. The quantitative estimate of drug-likeness (QED) is 0.913. The molecule has 2 aliphatic rings. The first-order chi connectivity index (χ1) is 9.31. The highest BCUT2D eigenvalue weighted by Gasteiger charge is 2.35. The second kappa shape index (κ2) is 5.77. The third-order valence-corrected chi connectivity index (χ3v) is 5.55. The van der Waals surface area contributed by atoms with Crippen LogP contribution in [0.1, 0.15) is 25.7 Å². The molecular formula is C14H24N4S. The molecule has 3 rings (SSSR count). The number of thiazole rings is 1. The minimum atomic E-state index is 0.420. The van der Waals surface area contributed by atoms with Crippen molar-refractivity contribution in [2.45, 2.75) is 25.7 Å². The lowest BCUT2D eigenvalue weighted by atomic mass is 9.85. The highest BCUT2D eigenvalue weighted by molar-refractivity contribution is 7.13. The Morgan fingerprint density at radius 3 is 2.53 bits per heavy atom. The van der Waals surface area contributed by atoms with Crippen LogP contribution in [-0.2, 0) is 0 Å². The van der Waals surface area contributed by atoms with Crippen LogP contribution in [0.15, 0.2) is 11.6 Å². The summed E-state index contributed by atoms with van der Waals surface area (Å²) < 4.78 is 0. The van der Waals surface area contributed by atoms with E-state index < -0.39 is 0 Å². The molecule has 1 aromatic rings. The minimum absolute atomic E-state index is 0.420.